The van der Waals surface area contributed by atoms with Crippen molar-refractivity contribution in [3.63, 3.8) is 0 Å². The molecule has 2 rings (SSSR count). The van der Waals surface area contributed by atoms with Crippen LogP contribution in [-0.4, -0.2) is 23.0 Å². The molecule has 0 saturated heterocycles. The fraction of sp³-hybridized carbons (Fsp3) is 0.143. The van der Waals surface area contributed by atoms with Crippen molar-refractivity contribution >= 4 is 34.8 Å². The zero-order chi connectivity index (χ0) is 14.5. The summed E-state index contributed by atoms with van der Waals surface area (Å²) in [6.07, 6.45) is 0.227. The molecule has 0 unspecified atom stereocenters. The first-order valence-electron chi connectivity index (χ1n) is 5.88. The summed E-state index contributed by atoms with van der Waals surface area (Å²) >= 11 is 7.04. The monoisotopic (exact) mass is 309 g/mol. The van der Waals surface area contributed by atoms with Gasteiger partial charge in [0.15, 0.2) is 0 Å². The van der Waals surface area contributed by atoms with Gasteiger partial charge in [-0.2, -0.15) is 0 Å². The van der Waals surface area contributed by atoms with Gasteiger partial charge in [-0.05, 0) is 17.0 Å². The van der Waals surface area contributed by atoms with E-state index >= 15 is 0 Å². The van der Waals surface area contributed by atoms with Gasteiger partial charge in [-0.25, -0.2) is 4.79 Å². The van der Waals surface area contributed by atoms with Crippen molar-refractivity contribution in [3.8, 4) is 0 Å². The number of nitrogens with one attached hydrogen (secondary N) is 1. The molecule has 1 atom stereocenters. The van der Waals surface area contributed by atoms with E-state index < -0.39 is 17.9 Å². The maximum Gasteiger partial charge on any atom is 0.326 e. The van der Waals surface area contributed by atoms with E-state index in [9.17, 15) is 14.7 Å². The quantitative estimate of drug-likeness (QED) is 0.892. The summed E-state index contributed by atoms with van der Waals surface area (Å²) in [5.74, 6) is -1.54. The number of rotatable bonds is 5. The normalized spacial score (nSPS) is 11.8. The van der Waals surface area contributed by atoms with E-state index in [0.29, 0.717) is 9.90 Å². The smallest absolute Gasteiger partial charge is 0.326 e. The first-order chi connectivity index (χ1) is 9.58. The molecule has 20 heavy (non-hydrogen) atoms. The lowest BCUT2D eigenvalue weighted by molar-refractivity contribution is -0.139. The third-order valence-corrected chi connectivity index (χ3v) is 4.05. The number of aliphatic carboxylic acids is 1. The van der Waals surface area contributed by atoms with Crippen LogP contribution in [0.4, 0.5) is 0 Å². The number of amides is 1. The van der Waals surface area contributed by atoms with Crippen molar-refractivity contribution in [2.45, 2.75) is 12.5 Å². The third kappa shape index (κ3) is 3.59. The first kappa shape index (κ1) is 14.6. The molecule has 0 aliphatic heterocycles. The second kappa shape index (κ2) is 6.54. The molecule has 0 bridgehead atoms. The highest BCUT2D eigenvalue weighted by Gasteiger charge is 2.22. The van der Waals surface area contributed by atoms with Crippen LogP contribution in [0.1, 0.15) is 15.2 Å². The van der Waals surface area contributed by atoms with Crippen LogP contribution in [0.2, 0.25) is 5.02 Å². The number of carbonyl (C=O) groups is 2. The summed E-state index contributed by atoms with van der Waals surface area (Å²) in [7, 11) is 0. The molecule has 1 amide bonds. The lowest BCUT2D eigenvalue weighted by Gasteiger charge is -2.14. The first-order valence-corrected chi connectivity index (χ1v) is 7.14. The minimum absolute atomic E-state index is 0.227. The van der Waals surface area contributed by atoms with Gasteiger partial charge >= 0.3 is 5.97 Å². The van der Waals surface area contributed by atoms with Crippen molar-refractivity contribution < 1.29 is 14.7 Å². The highest BCUT2D eigenvalue weighted by Crippen LogP contribution is 2.21. The Morgan fingerprint density at radius 3 is 2.50 bits per heavy atom. The van der Waals surface area contributed by atoms with Gasteiger partial charge in [0.1, 0.15) is 10.9 Å². The topological polar surface area (TPSA) is 66.4 Å². The largest absolute Gasteiger partial charge is 0.480 e. The number of benzene rings is 1. The van der Waals surface area contributed by atoms with Crippen LogP contribution in [-0.2, 0) is 11.2 Å². The number of carboxylic acid groups (broad SMARTS) is 1. The maximum atomic E-state index is 12.0. The van der Waals surface area contributed by atoms with Crippen molar-refractivity contribution in [3.05, 3.63) is 57.2 Å². The van der Waals surface area contributed by atoms with Crippen LogP contribution in [0, 0.1) is 0 Å². The second-order valence-corrected chi connectivity index (χ2v) is 5.47. The van der Waals surface area contributed by atoms with E-state index in [1.54, 1.807) is 11.4 Å². The van der Waals surface area contributed by atoms with Crippen molar-refractivity contribution in [1.82, 2.24) is 5.32 Å². The number of carbonyl (C=O) groups excluding carboxylic acids is 1. The number of hydrogen-bond acceptors (Lipinski definition) is 3. The Morgan fingerprint density at radius 1 is 1.25 bits per heavy atom. The van der Waals surface area contributed by atoms with E-state index in [1.165, 1.54) is 11.3 Å². The molecular formula is C14H12ClNO3S. The van der Waals surface area contributed by atoms with Gasteiger partial charge < -0.3 is 10.4 Å². The fourth-order valence-corrected chi connectivity index (χ4v) is 2.77. The summed E-state index contributed by atoms with van der Waals surface area (Å²) in [4.78, 5) is 23.6. The van der Waals surface area contributed by atoms with Crippen LogP contribution in [0.25, 0.3) is 0 Å². The summed E-state index contributed by atoms with van der Waals surface area (Å²) in [5, 5.41) is 13.7. The predicted octanol–water partition coefficient (Wildman–Crippen LogP) is 2.83. The standard InChI is InChI=1S/C14H12ClNO3S/c15-10-6-7-20-12(10)13(17)16-11(14(18)19)8-9-4-2-1-3-5-9/h1-7,11H,8H2,(H,16,17)(H,18,19)/t11-/m1/s1. The molecule has 2 aromatic rings. The summed E-state index contributed by atoms with van der Waals surface area (Å²) < 4.78 is 0. The van der Waals surface area contributed by atoms with E-state index in [1.807, 2.05) is 30.3 Å². The molecule has 4 nitrogen and oxygen atoms in total. The Balaban J connectivity index is 2.09. The van der Waals surface area contributed by atoms with Gasteiger partial charge in [-0.1, -0.05) is 41.9 Å². The van der Waals surface area contributed by atoms with Crippen LogP contribution in [0.3, 0.4) is 0 Å². The SMILES string of the molecule is O=C(N[C@H](Cc1ccccc1)C(=O)O)c1sccc1Cl. The van der Waals surface area contributed by atoms with Crippen LogP contribution in [0.5, 0.6) is 0 Å². The van der Waals surface area contributed by atoms with Crippen LogP contribution in [0.15, 0.2) is 41.8 Å². The summed E-state index contributed by atoms with van der Waals surface area (Å²) in [6.45, 7) is 0. The molecule has 0 spiro atoms. The molecular weight excluding hydrogens is 298 g/mol. The molecule has 104 valence electrons. The maximum absolute atomic E-state index is 12.0. The predicted molar refractivity (Wildman–Crippen MR) is 78.4 cm³/mol. The number of thiophene rings is 1. The molecule has 0 aliphatic carbocycles. The van der Waals surface area contributed by atoms with E-state index in [-0.39, 0.29) is 6.42 Å². The number of hydrogen-bond donors (Lipinski definition) is 2. The molecule has 0 saturated carbocycles. The summed E-state index contributed by atoms with van der Waals surface area (Å²) in [6, 6.07) is 9.76. The average molecular weight is 310 g/mol. The zero-order valence-electron chi connectivity index (χ0n) is 10.4. The minimum atomic E-state index is -1.07. The van der Waals surface area contributed by atoms with Crippen LogP contribution >= 0.6 is 22.9 Å². The average Bonchev–Trinajstić information content (AvgIpc) is 2.85. The molecule has 0 fully saturated rings. The lowest BCUT2D eigenvalue weighted by atomic mass is 10.1. The Hall–Kier alpha value is -1.85. The highest BCUT2D eigenvalue weighted by molar-refractivity contribution is 7.12. The fourth-order valence-electron chi connectivity index (χ4n) is 1.73. The zero-order valence-corrected chi connectivity index (χ0v) is 11.9. The van der Waals surface area contributed by atoms with Crippen molar-refractivity contribution in [2.75, 3.05) is 0 Å². The van der Waals surface area contributed by atoms with Gasteiger partial charge in [0, 0.05) is 6.42 Å². The number of halogens is 1. The molecule has 2 N–H and O–H groups in total. The van der Waals surface area contributed by atoms with Gasteiger partial charge in [0.2, 0.25) is 0 Å². The molecule has 6 heteroatoms. The van der Waals surface area contributed by atoms with E-state index in [4.69, 9.17) is 11.6 Å². The Kier molecular flexibility index (Phi) is 4.76. The Morgan fingerprint density at radius 2 is 1.95 bits per heavy atom. The van der Waals surface area contributed by atoms with Crippen LogP contribution < -0.4 is 5.32 Å². The third-order valence-electron chi connectivity index (χ3n) is 2.71. The highest BCUT2D eigenvalue weighted by atomic mass is 35.5. The van der Waals surface area contributed by atoms with Gasteiger partial charge in [-0.3, -0.25) is 4.79 Å². The van der Waals surface area contributed by atoms with E-state index in [2.05, 4.69) is 5.32 Å². The van der Waals surface area contributed by atoms with E-state index in [0.717, 1.165) is 5.56 Å². The number of carboxylic acids is 1. The van der Waals surface area contributed by atoms with Gasteiger partial charge in [0.05, 0.1) is 5.02 Å². The lowest BCUT2D eigenvalue weighted by Crippen LogP contribution is -2.42. The molecule has 1 aromatic heterocycles. The minimum Gasteiger partial charge on any atom is -0.480 e. The molecule has 0 aliphatic rings. The van der Waals surface area contributed by atoms with Gasteiger partial charge in [0.25, 0.3) is 5.91 Å². The van der Waals surface area contributed by atoms with Crippen molar-refractivity contribution in [1.29, 1.82) is 0 Å². The molecule has 0 radical (unpaired) electrons. The second-order valence-electron chi connectivity index (χ2n) is 4.15. The van der Waals surface area contributed by atoms with Crippen molar-refractivity contribution in [2.24, 2.45) is 0 Å². The molecule has 1 aromatic carbocycles. The van der Waals surface area contributed by atoms with Gasteiger partial charge in [-0.15, -0.1) is 11.3 Å². The Labute approximate surface area is 125 Å². The molecule has 1 heterocycles. The summed E-state index contributed by atoms with van der Waals surface area (Å²) in [5.41, 5.74) is 0.845. The Bertz CT molecular complexity index is 612.